The summed E-state index contributed by atoms with van der Waals surface area (Å²) in [6.07, 6.45) is 3.55. The smallest absolute Gasteiger partial charge is 0.183 e. The fourth-order valence-electron chi connectivity index (χ4n) is 2.18. The first-order chi connectivity index (χ1) is 7.83. The molecule has 2 rings (SSSR count). The number of rotatable bonds is 4. The number of fused-ring (bicyclic) bond motifs is 1. The topological polar surface area (TPSA) is 28.2 Å². The van der Waals surface area contributed by atoms with Crippen LogP contribution in [0.25, 0.3) is 0 Å². The van der Waals surface area contributed by atoms with Crippen LogP contribution in [0.5, 0.6) is 0 Å². The Morgan fingerprint density at radius 3 is 2.88 bits per heavy atom. The van der Waals surface area contributed by atoms with E-state index >= 15 is 0 Å². The predicted octanol–water partition coefficient (Wildman–Crippen LogP) is 2.39. The SMILES string of the molecule is CCCN1CCc2nc(NCC)sc2CC1. The maximum absolute atomic E-state index is 4.68. The molecule has 0 saturated carbocycles. The van der Waals surface area contributed by atoms with Gasteiger partial charge in [0.1, 0.15) is 0 Å². The third-order valence-electron chi connectivity index (χ3n) is 2.97. The predicted molar refractivity (Wildman–Crippen MR) is 70.4 cm³/mol. The first-order valence-corrected chi connectivity index (χ1v) is 7.10. The van der Waals surface area contributed by atoms with Gasteiger partial charge in [-0.05, 0) is 26.3 Å². The van der Waals surface area contributed by atoms with Crippen LogP contribution in [0.3, 0.4) is 0 Å². The molecular formula is C12H21N3S. The number of nitrogens with one attached hydrogen (secondary N) is 1. The van der Waals surface area contributed by atoms with Gasteiger partial charge in [-0.3, -0.25) is 0 Å². The molecule has 0 fully saturated rings. The number of aromatic nitrogens is 1. The van der Waals surface area contributed by atoms with E-state index < -0.39 is 0 Å². The molecule has 1 aliphatic rings. The molecule has 1 aliphatic heterocycles. The Labute approximate surface area is 102 Å². The maximum Gasteiger partial charge on any atom is 0.183 e. The molecule has 2 heterocycles. The van der Waals surface area contributed by atoms with Crippen LogP contribution in [0, 0.1) is 0 Å². The van der Waals surface area contributed by atoms with E-state index in [1.165, 1.54) is 43.0 Å². The molecule has 16 heavy (non-hydrogen) atoms. The molecule has 0 aliphatic carbocycles. The van der Waals surface area contributed by atoms with Crippen LogP contribution in [-0.4, -0.2) is 36.1 Å². The fourth-order valence-corrected chi connectivity index (χ4v) is 3.24. The summed E-state index contributed by atoms with van der Waals surface area (Å²) >= 11 is 1.84. The molecule has 3 nitrogen and oxygen atoms in total. The number of hydrogen-bond donors (Lipinski definition) is 1. The van der Waals surface area contributed by atoms with Crippen molar-refractivity contribution in [2.24, 2.45) is 0 Å². The summed E-state index contributed by atoms with van der Waals surface area (Å²) in [6, 6.07) is 0. The average Bonchev–Trinajstić information content (AvgIpc) is 2.56. The fraction of sp³-hybridized carbons (Fsp3) is 0.750. The largest absolute Gasteiger partial charge is 0.362 e. The zero-order chi connectivity index (χ0) is 11.4. The van der Waals surface area contributed by atoms with Crippen LogP contribution in [0.15, 0.2) is 0 Å². The van der Waals surface area contributed by atoms with Crippen molar-refractivity contribution in [1.29, 1.82) is 0 Å². The van der Waals surface area contributed by atoms with Gasteiger partial charge in [-0.1, -0.05) is 6.92 Å². The highest BCUT2D eigenvalue weighted by Gasteiger charge is 2.17. The van der Waals surface area contributed by atoms with Crippen molar-refractivity contribution in [2.75, 3.05) is 31.5 Å². The lowest BCUT2D eigenvalue weighted by Crippen LogP contribution is -2.27. The second-order valence-electron chi connectivity index (χ2n) is 4.26. The minimum Gasteiger partial charge on any atom is -0.362 e. The first-order valence-electron chi connectivity index (χ1n) is 6.28. The molecule has 0 spiro atoms. The quantitative estimate of drug-likeness (QED) is 0.874. The number of nitrogens with zero attached hydrogens (tertiary/aromatic N) is 2. The van der Waals surface area contributed by atoms with Crippen molar-refractivity contribution in [2.45, 2.75) is 33.1 Å². The summed E-state index contributed by atoms with van der Waals surface area (Å²) in [5.74, 6) is 0. The highest BCUT2D eigenvalue weighted by atomic mass is 32.1. The second kappa shape index (κ2) is 5.64. The first kappa shape index (κ1) is 11.9. The molecule has 1 N–H and O–H groups in total. The van der Waals surface area contributed by atoms with E-state index in [2.05, 4.69) is 29.0 Å². The van der Waals surface area contributed by atoms with Crippen LogP contribution >= 0.6 is 11.3 Å². The van der Waals surface area contributed by atoms with E-state index in [9.17, 15) is 0 Å². The lowest BCUT2D eigenvalue weighted by Gasteiger charge is -2.18. The Balaban J connectivity index is 2.01. The van der Waals surface area contributed by atoms with Crippen molar-refractivity contribution < 1.29 is 0 Å². The van der Waals surface area contributed by atoms with Crippen molar-refractivity contribution in [1.82, 2.24) is 9.88 Å². The third kappa shape index (κ3) is 2.74. The van der Waals surface area contributed by atoms with Gasteiger partial charge in [0.05, 0.1) is 5.69 Å². The molecule has 0 atom stereocenters. The van der Waals surface area contributed by atoms with Crippen molar-refractivity contribution >= 4 is 16.5 Å². The zero-order valence-electron chi connectivity index (χ0n) is 10.3. The minimum atomic E-state index is 0.967. The molecule has 0 unspecified atom stereocenters. The molecule has 1 aromatic rings. The van der Waals surface area contributed by atoms with E-state index in [0.717, 1.165) is 18.1 Å². The van der Waals surface area contributed by atoms with Gasteiger partial charge in [0.2, 0.25) is 0 Å². The van der Waals surface area contributed by atoms with Crippen LogP contribution in [-0.2, 0) is 12.8 Å². The summed E-state index contributed by atoms with van der Waals surface area (Å²) < 4.78 is 0. The number of thiazole rings is 1. The molecule has 0 aromatic carbocycles. The number of anilines is 1. The normalized spacial score (nSPS) is 16.9. The minimum absolute atomic E-state index is 0.967. The van der Waals surface area contributed by atoms with Crippen LogP contribution in [0.4, 0.5) is 5.13 Å². The standard InChI is InChI=1S/C12H21N3S/c1-3-7-15-8-5-10-11(6-9-15)16-12(14-10)13-4-2/h3-9H2,1-2H3,(H,13,14). The van der Waals surface area contributed by atoms with Gasteiger partial charge in [0.25, 0.3) is 0 Å². The Hall–Kier alpha value is -0.610. The van der Waals surface area contributed by atoms with E-state index in [4.69, 9.17) is 0 Å². The van der Waals surface area contributed by atoms with E-state index in [-0.39, 0.29) is 0 Å². The molecule has 1 aromatic heterocycles. The highest BCUT2D eigenvalue weighted by Crippen LogP contribution is 2.26. The van der Waals surface area contributed by atoms with Gasteiger partial charge in [0.15, 0.2) is 5.13 Å². The Bertz CT molecular complexity index is 310. The summed E-state index contributed by atoms with van der Waals surface area (Å²) in [5, 5.41) is 4.42. The van der Waals surface area contributed by atoms with E-state index in [0.29, 0.717) is 0 Å². The van der Waals surface area contributed by atoms with Crippen LogP contribution in [0.1, 0.15) is 30.8 Å². The van der Waals surface area contributed by atoms with Gasteiger partial charge >= 0.3 is 0 Å². The van der Waals surface area contributed by atoms with Gasteiger partial charge in [0, 0.05) is 30.9 Å². The highest BCUT2D eigenvalue weighted by molar-refractivity contribution is 7.15. The molecule has 0 amide bonds. The van der Waals surface area contributed by atoms with Crippen molar-refractivity contribution in [3.8, 4) is 0 Å². The Kier molecular flexibility index (Phi) is 4.18. The summed E-state index contributed by atoms with van der Waals surface area (Å²) in [7, 11) is 0. The lowest BCUT2D eigenvalue weighted by molar-refractivity contribution is 0.288. The molecule has 90 valence electrons. The zero-order valence-corrected chi connectivity index (χ0v) is 11.1. The summed E-state index contributed by atoms with van der Waals surface area (Å²) in [6.45, 7) is 8.95. The maximum atomic E-state index is 4.68. The summed E-state index contributed by atoms with van der Waals surface area (Å²) in [5.41, 5.74) is 1.33. The van der Waals surface area contributed by atoms with E-state index in [1.807, 2.05) is 11.3 Å². The molecule has 0 radical (unpaired) electrons. The second-order valence-corrected chi connectivity index (χ2v) is 5.34. The van der Waals surface area contributed by atoms with Gasteiger partial charge in [-0.15, -0.1) is 11.3 Å². The monoisotopic (exact) mass is 239 g/mol. The van der Waals surface area contributed by atoms with Crippen molar-refractivity contribution in [3.05, 3.63) is 10.6 Å². The third-order valence-corrected chi connectivity index (χ3v) is 4.08. The van der Waals surface area contributed by atoms with Gasteiger partial charge in [-0.2, -0.15) is 0 Å². The molecule has 0 bridgehead atoms. The van der Waals surface area contributed by atoms with Gasteiger partial charge in [-0.25, -0.2) is 4.98 Å². The average molecular weight is 239 g/mol. The molecule has 0 saturated heterocycles. The van der Waals surface area contributed by atoms with Gasteiger partial charge < -0.3 is 10.2 Å². The number of hydrogen-bond acceptors (Lipinski definition) is 4. The summed E-state index contributed by atoms with van der Waals surface area (Å²) in [4.78, 5) is 8.73. The molecular weight excluding hydrogens is 218 g/mol. The van der Waals surface area contributed by atoms with Crippen LogP contribution < -0.4 is 5.32 Å². The Morgan fingerprint density at radius 1 is 1.31 bits per heavy atom. The lowest BCUT2D eigenvalue weighted by atomic mass is 10.2. The van der Waals surface area contributed by atoms with Crippen molar-refractivity contribution in [3.63, 3.8) is 0 Å². The Morgan fingerprint density at radius 2 is 2.12 bits per heavy atom. The molecule has 4 heteroatoms. The van der Waals surface area contributed by atoms with E-state index in [1.54, 1.807) is 0 Å². The van der Waals surface area contributed by atoms with Crippen LogP contribution in [0.2, 0.25) is 0 Å².